The molecule has 4 rings (SSSR count). The van der Waals surface area contributed by atoms with E-state index in [9.17, 15) is 4.79 Å². The van der Waals surface area contributed by atoms with Gasteiger partial charge in [0.15, 0.2) is 5.78 Å². The number of ketones is 1. The van der Waals surface area contributed by atoms with E-state index in [4.69, 9.17) is 0 Å². The van der Waals surface area contributed by atoms with E-state index in [1.165, 1.54) is 27.7 Å². The zero-order valence-corrected chi connectivity index (χ0v) is 15.5. The molecule has 1 unspecified atom stereocenters. The van der Waals surface area contributed by atoms with Crippen molar-refractivity contribution in [3.05, 3.63) is 53.2 Å². The molecule has 0 amide bonds. The average molecular weight is 333 g/mol. The number of fused-ring (bicyclic) bond motifs is 3. The number of hydrogen-bond donors (Lipinski definition) is 1. The number of carbonyl (C=O) groups is 1. The van der Waals surface area contributed by atoms with E-state index < -0.39 is 0 Å². The van der Waals surface area contributed by atoms with Crippen LogP contribution in [0.1, 0.15) is 64.4 Å². The lowest BCUT2D eigenvalue weighted by molar-refractivity contribution is -0.118. The highest BCUT2D eigenvalue weighted by Gasteiger charge is 2.40. The molecule has 2 aromatic rings. The van der Waals surface area contributed by atoms with Gasteiger partial charge in [0.25, 0.3) is 0 Å². The van der Waals surface area contributed by atoms with Gasteiger partial charge in [0.1, 0.15) is 0 Å². The average Bonchev–Trinajstić information content (AvgIpc) is 2.57. The van der Waals surface area contributed by atoms with Gasteiger partial charge in [-0.05, 0) is 40.7 Å². The number of anilines is 1. The molecule has 2 aliphatic rings. The lowest BCUT2D eigenvalue weighted by Gasteiger charge is -2.40. The highest BCUT2D eigenvalue weighted by molar-refractivity contribution is 6.03. The molecule has 130 valence electrons. The molecule has 1 aliphatic heterocycles. The van der Waals surface area contributed by atoms with Crippen LogP contribution in [0.4, 0.5) is 5.69 Å². The van der Waals surface area contributed by atoms with Gasteiger partial charge in [-0.15, -0.1) is 0 Å². The Labute approximate surface area is 150 Å². The summed E-state index contributed by atoms with van der Waals surface area (Å²) in [6.07, 6.45) is 5.00. The van der Waals surface area contributed by atoms with Gasteiger partial charge in [0.2, 0.25) is 0 Å². The fourth-order valence-electron chi connectivity index (χ4n) is 4.63. The van der Waals surface area contributed by atoms with Gasteiger partial charge in [0, 0.05) is 29.3 Å². The third-order valence-corrected chi connectivity index (χ3v) is 5.72. The van der Waals surface area contributed by atoms with E-state index >= 15 is 0 Å². The van der Waals surface area contributed by atoms with Crippen molar-refractivity contribution in [2.24, 2.45) is 5.41 Å². The van der Waals surface area contributed by atoms with E-state index in [1.807, 2.05) is 0 Å². The molecule has 1 aliphatic carbocycles. The van der Waals surface area contributed by atoms with Gasteiger partial charge >= 0.3 is 0 Å². The summed E-state index contributed by atoms with van der Waals surface area (Å²) in [7, 11) is 0. The van der Waals surface area contributed by atoms with Crippen LogP contribution in [0.3, 0.4) is 0 Å². The first-order valence-electron chi connectivity index (χ1n) is 9.55. The maximum Gasteiger partial charge on any atom is 0.161 e. The van der Waals surface area contributed by atoms with Crippen molar-refractivity contribution in [1.82, 2.24) is 0 Å². The van der Waals surface area contributed by atoms with Gasteiger partial charge in [-0.25, -0.2) is 0 Å². The Balaban J connectivity index is 1.91. The molecule has 0 aromatic heterocycles. The quantitative estimate of drug-likeness (QED) is 0.726. The van der Waals surface area contributed by atoms with Crippen molar-refractivity contribution in [2.75, 3.05) is 5.32 Å². The molecule has 1 atom stereocenters. The zero-order chi connectivity index (χ0) is 17.6. The topological polar surface area (TPSA) is 29.1 Å². The monoisotopic (exact) mass is 333 g/mol. The summed E-state index contributed by atoms with van der Waals surface area (Å²) in [6.45, 7) is 6.63. The molecule has 0 radical (unpaired) electrons. The van der Waals surface area contributed by atoms with E-state index in [0.29, 0.717) is 12.2 Å². The molecule has 2 aromatic carbocycles. The second kappa shape index (κ2) is 6.01. The number of nitrogens with one attached hydrogen (secondary N) is 1. The van der Waals surface area contributed by atoms with Crippen LogP contribution >= 0.6 is 0 Å². The number of allylic oxidation sites excluding steroid dienone is 2. The fraction of sp³-hybridized carbons (Fsp3) is 0.435. The minimum Gasteiger partial charge on any atom is -0.358 e. The Morgan fingerprint density at radius 3 is 2.72 bits per heavy atom. The summed E-state index contributed by atoms with van der Waals surface area (Å²) in [6, 6.07) is 13.0. The van der Waals surface area contributed by atoms with Crippen LogP contribution in [-0.2, 0) is 4.79 Å². The Bertz CT molecular complexity index is 875. The minimum absolute atomic E-state index is 0.0482. The standard InChI is InChI=1S/C23H27NO/c1-4-5-9-17-21-16-10-7-6-8-15(16)11-12-18(21)24-19-13-23(2,3)14-20(25)22(17)19/h6-8,10-12,17,24H,4-5,9,13-14H2,1-3H3. The van der Waals surface area contributed by atoms with Crippen LogP contribution in [-0.4, -0.2) is 5.78 Å². The molecule has 0 saturated carbocycles. The molecule has 2 heteroatoms. The van der Waals surface area contributed by atoms with Crippen LogP contribution in [0.15, 0.2) is 47.7 Å². The van der Waals surface area contributed by atoms with Crippen LogP contribution in [0, 0.1) is 5.41 Å². The number of carbonyl (C=O) groups excluding carboxylic acids is 1. The molecule has 0 saturated heterocycles. The Hall–Kier alpha value is -2.09. The van der Waals surface area contributed by atoms with Crippen molar-refractivity contribution in [3.63, 3.8) is 0 Å². The van der Waals surface area contributed by atoms with Crippen molar-refractivity contribution in [1.29, 1.82) is 0 Å². The summed E-state index contributed by atoms with van der Waals surface area (Å²) in [5.74, 6) is 0.583. The van der Waals surface area contributed by atoms with Crippen molar-refractivity contribution in [3.8, 4) is 0 Å². The van der Waals surface area contributed by atoms with E-state index in [0.717, 1.165) is 31.3 Å². The SMILES string of the molecule is CCCCC1C2=C(CC(C)(C)CC2=O)Nc2ccc3ccccc3c21. The van der Waals surface area contributed by atoms with Crippen molar-refractivity contribution < 1.29 is 4.79 Å². The number of hydrogen-bond acceptors (Lipinski definition) is 2. The van der Waals surface area contributed by atoms with E-state index in [-0.39, 0.29) is 11.3 Å². The van der Waals surface area contributed by atoms with Gasteiger partial charge in [-0.1, -0.05) is 63.9 Å². The summed E-state index contributed by atoms with van der Waals surface area (Å²) in [5.41, 5.74) is 4.82. The highest BCUT2D eigenvalue weighted by atomic mass is 16.1. The van der Waals surface area contributed by atoms with Crippen molar-refractivity contribution >= 4 is 22.2 Å². The van der Waals surface area contributed by atoms with Crippen LogP contribution in [0.25, 0.3) is 10.8 Å². The highest BCUT2D eigenvalue weighted by Crippen LogP contribution is 2.50. The smallest absolute Gasteiger partial charge is 0.161 e. The second-order valence-corrected chi connectivity index (χ2v) is 8.40. The predicted octanol–water partition coefficient (Wildman–Crippen LogP) is 6.18. The molecule has 0 spiro atoms. The molecule has 0 fully saturated rings. The molecule has 1 N–H and O–H groups in total. The van der Waals surface area contributed by atoms with Crippen LogP contribution < -0.4 is 5.32 Å². The van der Waals surface area contributed by atoms with E-state index in [2.05, 4.69) is 62.5 Å². The molecular weight excluding hydrogens is 306 g/mol. The second-order valence-electron chi connectivity index (χ2n) is 8.40. The Kier molecular flexibility index (Phi) is 3.94. The van der Waals surface area contributed by atoms with Gasteiger partial charge in [-0.2, -0.15) is 0 Å². The Morgan fingerprint density at radius 2 is 1.92 bits per heavy atom. The van der Waals surface area contributed by atoms with Gasteiger partial charge < -0.3 is 5.32 Å². The first-order chi connectivity index (χ1) is 12.0. The third-order valence-electron chi connectivity index (χ3n) is 5.72. The lowest BCUT2D eigenvalue weighted by Crippen LogP contribution is -2.33. The number of unbranched alkanes of at least 4 members (excludes halogenated alkanes) is 1. The molecular formula is C23H27NO. The van der Waals surface area contributed by atoms with Gasteiger partial charge in [0.05, 0.1) is 0 Å². The maximum absolute atomic E-state index is 13.1. The van der Waals surface area contributed by atoms with Crippen LogP contribution in [0.5, 0.6) is 0 Å². The van der Waals surface area contributed by atoms with Crippen LogP contribution in [0.2, 0.25) is 0 Å². The minimum atomic E-state index is 0.0482. The number of Topliss-reactive ketones (excluding diaryl/α,β-unsaturated/α-hetero) is 1. The summed E-state index contributed by atoms with van der Waals surface area (Å²) in [5, 5.41) is 6.19. The predicted molar refractivity (Wildman–Crippen MR) is 105 cm³/mol. The first kappa shape index (κ1) is 16.4. The van der Waals surface area contributed by atoms with Crippen molar-refractivity contribution in [2.45, 2.75) is 58.8 Å². The number of rotatable bonds is 3. The molecule has 1 heterocycles. The Morgan fingerprint density at radius 1 is 1.12 bits per heavy atom. The largest absolute Gasteiger partial charge is 0.358 e. The molecule has 25 heavy (non-hydrogen) atoms. The lowest BCUT2D eigenvalue weighted by atomic mass is 9.68. The fourth-order valence-corrected chi connectivity index (χ4v) is 4.63. The zero-order valence-electron chi connectivity index (χ0n) is 15.5. The normalized spacial score (nSPS) is 21.7. The first-order valence-corrected chi connectivity index (χ1v) is 9.55. The maximum atomic E-state index is 13.1. The molecule has 0 bridgehead atoms. The number of benzene rings is 2. The third kappa shape index (κ3) is 2.78. The summed E-state index contributed by atoms with van der Waals surface area (Å²) >= 11 is 0. The molecule has 2 nitrogen and oxygen atoms in total. The van der Waals surface area contributed by atoms with Gasteiger partial charge in [-0.3, -0.25) is 4.79 Å². The summed E-state index contributed by atoms with van der Waals surface area (Å²) < 4.78 is 0. The summed E-state index contributed by atoms with van der Waals surface area (Å²) in [4.78, 5) is 13.1. The van der Waals surface area contributed by atoms with E-state index in [1.54, 1.807) is 0 Å².